The highest BCUT2D eigenvalue weighted by molar-refractivity contribution is 5.90. The lowest BCUT2D eigenvalue weighted by atomic mass is 10.1. The Bertz CT molecular complexity index is 990. The molecule has 0 aliphatic carbocycles. The maximum absolute atomic E-state index is 11.1. The van der Waals surface area contributed by atoms with Gasteiger partial charge in [-0.15, -0.1) is 0 Å². The number of hydrogen-bond acceptors (Lipinski definition) is 3. The number of aromatic nitrogens is 2. The van der Waals surface area contributed by atoms with Crippen molar-refractivity contribution in [3.63, 3.8) is 0 Å². The minimum Gasteiger partial charge on any atom is -0.293 e. The number of rotatable bonds is 8. The Morgan fingerprint density at radius 3 is 2.62 bits per heavy atom. The Kier molecular flexibility index (Phi) is 6.80. The van der Waals surface area contributed by atoms with Crippen LogP contribution in [0.2, 0.25) is 0 Å². The number of nitrogens with zero attached hydrogens (tertiary/aromatic N) is 2. The van der Waals surface area contributed by atoms with E-state index in [1.807, 2.05) is 12.1 Å². The van der Waals surface area contributed by atoms with Gasteiger partial charge in [-0.05, 0) is 43.2 Å². The zero-order chi connectivity index (χ0) is 20.8. The van der Waals surface area contributed by atoms with Crippen molar-refractivity contribution >= 4 is 23.0 Å². The molecule has 0 fully saturated rings. The van der Waals surface area contributed by atoms with Gasteiger partial charge >= 0.3 is 0 Å². The second-order valence-electron chi connectivity index (χ2n) is 7.49. The molecule has 0 aliphatic rings. The molecule has 1 amide bonds. The molecule has 0 aliphatic heterocycles. The fraction of sp³-hybridized carbons (Fsp3) is 0.304. The number of fused-ring (bicyclic) bond motifs is 1. The Morgan fingerprint density at radius 2 is 1.93 bits per heavy atom. The average Bonchev–Trinajstić information content (AvgIpc) is 3.05. The first kappa shape index (κ1) is 20.8. The highest BCUT2D eigenvalue weighted by atomic mass is 16.5. The minimum absolute atomic E-state index is 0.425. The number of amides is 1. The number of para-hydroxylation sites is 2. The van der Waals surface area contributed by atoms with Gasteiger partial charge in [-0.2, -0.15) is 0 Å². The van der Waals surface area contributed by atoms with Crippen LogP contribution in [0.5, 0.6) is 0 Å². The molecule has 152 valence electrons. The van der Waals surface area contributed by atoms with Crippen molar-refractivity contribution in [2.24, 2.45) is 0 Å². The van der Waals surface area contributed by atoms with Gasteiger partial charge in [0.15, 0.2) is 11.0 Å². The van der Waals surface area contributed by atoms with Crippen LogP contribution in [0.1, 0.15) is 30.8 Å². The Hall–Kier alpha value is -2.96. The van der Waals surface area contributed by atoms with Gasteiger partial charge in [0.25, 0.3) is 11.7 Å². The average molecular weight is 394 g/mol. The monoisotopic (exact) mass is 393 g/mol. The summed E-state index contributed by atoms with van der Waals surface area (Å²) in [7, 11) is 0. The molecule has 3 rings (SSSR count). The summed E-state index contributed by atoms with van der Waals surface area (Å²) in [6.45, 7) is 9.28. The molecule has 0 atom stereocenters. The number of hydroxylamine groups is 1. The van der Waals surface area contributed by atoms with Crippen LogP contribution in [-0.2, 0) is 17.9 Å². The first-order valence-electron chi connectivity index (χ1n) is 9.90. The van der Waals surface area contributed by atoms with Crippen LogP contribution in [0.4, 0.5) is 0 Å². The summed E-state index contributed by atoms with van der Waals surface area (Å²) in [5.41, 5.74) is 6.13. The SMILES string of the molecule is Cc1[nH]c2ccccc2[n+]1CCN(Cc1ccc(C=CC(=O)NO)cc1)C(C)C. The Balaban J connectivity index is 1.66. The third-order valence-corrected chi connectivity index (χ3v) is 5.16. The number of carbonyl (C=O) groups excluding carboxylic acids is 1. The van der Waals surface area contributed by atoms with Crippen LogP contribution in [0, 0.1) is 6.92 Å². The number of hydrogen-bond donors (Lipinski definition) is 3. The molecule has 0 unspecified atom stereocenters. The summed E-state index contributed by atoms with van der Waals surface area (Å²) in [5.74, 6) is 0.628. The summed E-state index contributed by atoms with van der Waals surface area (Å²) >= 11 is 0. The topological polar surface area (TPSA) is 72.2 Å². The van der Waals surface area contributed by atoms with Crippen LogP contribution in [-0.4, -0.2) is 33.6 Å². The number of imidazole rings is 1. The van der Waals surface area contributed by atoms with E-state index in [0.717, 1.165) is 31.0 Å². The van der Waals surface area contributed by atoms with E-state index >= 15 is 0 Å². The predicted octanol–water partition coefficient (Wildman–Crippen LogP) is 3.19. The number of carbonyl (C=O) groups is 1. The van der Waals surface area contributed by atoms with E-state index < -0.39 is 5.91 Å². The lowest BCUT2D eigenvalue weighted by Gasteiger charge is -2.26. The van der Waals surface area contributed by atoms with E-state index in [0.29, 0.717) is 6.04 Å². The summed E-state index contributed by atoms with van der Waals surface area (Å²) in [4.78, 5) is 17.0. The fourth-order valence-corrected chi connectivity index (χ4v) is 3.47. The molecular weight excluding hydrogens is 364 g/mol. The summed E-state index contributed by atoms with van der Waals surface area (Å²) in [6.07, 6.45) is 2.97. The van der Waals surface area contributed by atoms with Crippen LogP contribution < -0.4 is 10.0 Å². The molecule has 1 heterocycles. The Labute approximate surface area is 171 Å². The quantitative estimate of drug-likeness (QED) is 0.238. The van der Waals surface area contributed by atoms with Crippen molar-refractivity contribution in [1.29, 1.82) is 0 Å². The molecule has 0 spiro atoms. The van der Waals surface area contributed by atoms with Crippen molar-refractivity contribution in [3.8, 4) is 0 Å². The third kappa shape index (κ3) is 5.31. The van der Waals surface area contributed by atoms with Crippen LogP contribution in [0.15, 0.2) is 54.6 Å². The highest BCUT2D eigenvalue weighted by Crippen LogP contribution is 2.12. The van der Waals surface area contributed by atoms with Gasteiger partial charge in [0.05, 0.1) is 0 Å². The van der Waals surface area contributed by atoms with E-state index in [-0.39, 0.29) is 0 Å². The molecule has 3 N–H and O–H groups in total. The van der Waals surface area contributed by atoms with Gasteiger partial charge in [-0.1, -0.05) is 36.4 Å². The predicted molar refractivity (Wildman–Crippen MR) is 114 cm³/mol. The summed E-state index contributed by atoms with van der Waals surface area (Å²) in [6, 6.07) is 16.9. The van der Waals surface area contributed by atoms with Gasteiger partial charge in [0.2, 0.25) is 0 Å². The van der Waals surface area contributed by atoms with Gasteiger partial charge in [0, 0.05) is 32.1 Å². The number of aryl methyl sites for hydroxylation is 1. The lowest BCUT2D eigenvalue weighted by molar-refractivity contribution is -0.677. The first-order valence-corrected chi connectivity index (χ1v) is 9.90. The summed E-state index contributed by atoms with van der Waals surface area (Å²) < 4.78 is 2.34. The van der Waals surface area contributed by atoms with E-state index in [1.165, 1.54) is 22.7 Å². The zero-order valence-corrected chi connectivity index (χ0v) is 17.2. The van der Waals surface area contributed by atoms with Gasteiger partial charge in [-0.3, -0.25) is 14.9 Å². The smallest absolute Gasteiger partial charge is 0.267 e. The molecule has 3 aromatic rings. The van der Waals surface area contributed by atoms with Crippen molar-refractivity contribution in [2.75, 3.05) is 6.54 Å². The second kappa shape index (κ2) is 9.49. The minimum atomic E-state index is -0.537. The number of nitrogens with one attached hydrogen (secondary N) is 2. The van der Waals surface area contributed by atoms with Crippen LogP contribution in [0.25, 0.3) is 17.1 Å². The fourth-order valence-electron chi connectivity index (χ4n) is 3.47. The number of benzene rings is 2. The van der Waals surface area contributed by atoms with Gasteiger partial charge in [0.1, 0.15) is 6.54 Å². The first-order chi connectivity index (χ1) is 14.0. The summed E-state index contributed by atoms with van der Waals surface area (Å²) in [5, 5.41) is 8.54. The molecular formula is C23H29N4O2+. The van der Waals surface area contributed by atoms with Crippen molar-refractivity contribution in [3.05, 3.63) is 71.6 Å². The number of H-pyrrole nitrogens is 1. The lowest BCUT2D eigenvalue weighted by Crippen LogP contribution is -2.43. The second-order valence-corrected chi connectivity index (χ2v) is 7.49. The standard InChI is InChI=1S/C23H28N4O2/c1-17(2)26(14-15-27-18(3)24-21-6-4-5-7-22(21)27)16-20-10-8-19(9-11-20)12-13-23(28)25-29/h4-13,17H,14-16H2,1-3H3,(H2,25,28,29)/p+1. The van der Waals surface area contributed by atoms with E-state index in [4.69, 9.17) is 5.21 Å². The maximum atomic E-state index is 11.1. The van der Waals surface area contributed by atoms with Crippen molar-refractivity contribution in [1.82, 2.24) is 15.4 Å². The van der Waals surface area contributed by atoms with Crippen LogP contribution in [0.3, 0.4) is 0 Å². The normalized spacial score (nSPS) is 11.8. The van der Waals surface area contributed by atoms with E-state index in [1.54, 1.807) is 11.6 Å². The molecule has 29 heavy (non-hydrogen) atoms. The molecule has 2 aromatic carbocycles. The van der Waals surface area contributed by atoms with Crippen LogP contribution >= 0.6 is 0 Å². The molecule has 0 saturated heterocycles. The van der Waals surface area contributed by atoms with Gasteiger partial charge in [-0.25, -0.2) is 15.0 Å². The van der Waals surface area contributed by atoms with Crippen molar-refractivity contribution in [2.45, 2.75) is 39.9 Å². The molecule has 0 radical (unpaired) electrons. The molecule has 1 aromatic heterocycles. The highest BCUT2D eigenvalue weighted by Gasteiger charge is 2.17. The molecule has 6 heteroatoms. The molecule has 0 bridgehead atoms. The zero-order valence-electron chi connectivity index (χ0n) is 17.2. The Morgan fingerprint density at radius 1 is 1.21 bits per heavy atom. The third-order valence-electron chi connectivity index (χ3n) is 5.16. The van der Waals surface area contributed by atoms with Crippen molar-refractivity contribution < 1.29 is 14.6 Å². The molecule has 6 nitrogen and oxygen atoms in total. The number of aromatic amines is 1. The van der Waals surface area contributed by atoms with Gasteiger partial charge < -0.3 is 0 Å². The molecule has 0 saturated carbocycles. The van der Waals surface area contributed by atoms with E-state index in [9.17, 15) is 4.79 Å². The maximum Gasteiger partial charge on any atom is 0.267 e. The largest absolute Gasteiger partial charge is 0.293 e. The van der Waals surface area contributed by atoms with E-state index in [2.05, 4.69) is 71.6 Å².